The molecule has 0 amide bonds. The number of benzene rings is 11. The zero-order valence-electron chi connectivity index (χ0n) is 49.5. The van der Waals surface area contributed by atoms with Crippen LogP contribution in [0.5, 0.6) is 0 Å². The van der Waals surface area contributed by atoms with E-state index in [1.165, 1.54) is 0 Å². The fraction of sp³-hybridized carbons (Fsp3) is 0. The molecule has 4 heterocycles. The standard InChI is InChI=1S/C69H46N6Si/c1-5-23-47(24-6-1)67-70-68(72-69(71-67)75-63-39-21-15-33-55(63)56-34-16-22-40-64(56)75)59-46-52(76(49-25-7-2-8-26-49,50-27-9-3-10-28-50)51-29-11-4-12-30-51)42-44-66(59)74-62-38-20-17-35-57(62)58-45-48(41-43-65(58)74)73-60-36-18-13-31-53(60)54-32-14-19-37-61(54)73/h1-46H/i1D,5D,6D,15D,21D,23D,24D,33D,39D. The number of aromatic nitrogens is 6. The Morgan fingerprint density at radius 2 is 0.789 bits per heavy atom. The highest BCUT2D eigenvalue weighted by Crippen LogP contribution is 2.40. The van der Waals surface area contributed by atoms with E-state index < -0.39 is 50.4 Å². The number of hydrogen-bond donors (Lipinski definition) is 0. The Hall–Kier alpha value is -9.95. The summed E-state index contributed by atoms with van der Waals surface area (Å²) < 4.78 is 87.8. The molecule has 0 unspecified atom stereocenters. The number of rotatable bonds is 9. The molecular weight excluding hydrogens is 941 g/mol. The lowest BCUT2D eigenvalue weighted by atomic mass is 10.1. The molecule has 0 spiro atoms. The highest BCUT2D eigenvalue weighted by molar-refractivity contribution is 7.20. The van der Waals surface area contributed by atoms with Gasteiger partial charge in [0.25, 0.3) is 0 Å². The number of nitrogens with zero attached hydrogens (tertiary/aromatic N) is 6. The molecule has 15 aromatic rings. The number of fused-ring (bicyclic) bond motifs is 9. The summed E-state index contributed by atoms with van der Waals surface area (Å²) in [5.74, 6) is -0.272. The molecule has 0 aliphatic rings. The van der Waals surface area contributed by atoms with Gasteiger partial charge in [-0.15, -0.1) is 0 Å². The average Bonchev–Trinajstić information content (AvgIpc) is 1.88. The first-order valence-electron chi connectivity index (χ1n) is 29.6. The lowest BCUT2D eigenvalue weighted by Crippen LogP contribution is -2.74. The van der Waals surface area contributed by atoms with Crippen molar-refractivity contribution in [2.75, 3.05) is 0 Å². The van der Waals surface area contributed by atoms with E-state index >= 15 is 0 Å². The van der Waals surface area contributed by atoms with E-state index in [0.29, 0.717) is 22.2 Å². The average molecular weight is 996 g/mol. The lowest BCUT2D eigenvalue weighted by Gasteiger charge is -2.35. The quantitative estimate of drug-likeness (QED) is 0.107. The Bertz CT molecular complexity index is 5080. The normalized spacial score (nSPS) is 13.6. The lowest BCUT2D eigenvalue weighted by molar-refractivity contribution is 0.952. The van der Waals surface area contributed by atoms with Gasteiger partial charge in [0.2, 0.25) is 5.95 Å². The van der Waals surface area contributed by atoms with Gasteiger partial charge in [-0.3, -0.25) is 4.57 Å². The summed E-state index contributed by atoms with van der Waals surface area (Å²) in [6.45, 7) is 0. The zero-order chi connectivity index (χ0) is 58.0. The maximum absolute atomic E-state index is 9.48. The summed E-state index contributed by atoms with van der Waals surface area (Å²) >= 11 is 0. The largest absolute Gasteiger partial charge is 0.309 e. The summed E-state index contributed by atoms with van der Waals surface area (Å²) in [5.41, 5.74) is 6.31. The van der Waals surface area contributed by atoms with Crippen molar-refractivity contribution in [3.05, 3.63) is 279 Å². The van der Waals surface area contributed by atoms with Crippen LogP contribution in [0.15, 0.2) is 279 Å². The second-order valence-corrected chi connectivity index (χ2v) is 22.7. The maximum Gasteiger partial charge on any atom is 0.238 e. The molecule has 0 radical (unpaired) electrons. The Kier molecular flexibility index (Phi) is 8.17. The fourth-order valence-electron chi connectivity index (χ4n) is 11.7. The van der Waals surface area contributed by atoms with Gasteiger partial charge >= 0.3 is 0 Å². The van der Waals surface area contributed by atoms with Crippen molar-refractivity contribution in [2.24, 2.45) is 0 Å². The second kappa shape index (κ2) is 17.6. The van der Waals surface area contributed by atoms with Gasteiger partial charge < -0.3 is 9.13 Å². The minimum absolute atomic E-state index is 0.0698. The van der Waals surface area contributed by atoms with E-state index in [1.807, 2.05) is 30.3 Å². The molecule has 11 aromatic carbocycles. The van der Waals surface area contributed by atoms with E-state index in [9.17, 15) is 5.48 Å². The summed E-state index contributed by atoms with van der Waals surface area (Å²) in [7, 11) is -3.35. The molecule has 0 bridgehead atoms. The van der Waals surface area contributed by atoms with E-state index in [1.54, 1.807) is 28.8 Å². The summed E-state index contributed by atoms with van der Waals surface area (Å²) in [6, 6.07) is 72.5. The molecule has 6 nitrogen and oxygen atoms in total. The van der Waals surface area contributed by atoms with Crippen LogP contribution in [-0.2, 0) is 0 Å². The van der Waals surface area contributed by atoms with Crippen molar-refractivity contribution < 1.29 is 12.3 Å². The molecule has 0 atom stereocenters. The van der Waals surface area contributed by atoms with Crippen LogP contribution in [0.1, 0.15) is 12.3 Å². The third-order valence-electron chi connectivity index (χ3n) is 14.9. The first kappa shape index (κ1) is 35.2. The van der Waals surface area contributed by atoms with Gasteiger partial charge in [0.15, 0.2) is 19.7 Å². The monoisotopic (exact) mass is 995 g/mol. The second-order valence-electron chi connectivity index (χ2n) is 18.9. The minimum Gasteiger partial charge on any atom is -0.309 e. The van der Waals surface area contributed by atoms with E-state index in [4.69, 9.17) is 21.8 Å². The van der Waals surface area contributed by atoms with Gasteiger partial charge in [0.05, 0.1) is 51.1 Å². The predicted molar refractivity (Wildman–Crippen MR) is 317 cm³/mol. The molecule has 0 N–H and O–H groups in total. The van der Waals surface area contributed by atoms with Crippen LogP contribution >= 0.6 is 0 Å². The van der Waals surface area contributed by atoms with Crippen LogP contribution in [-0.4, -0.2) is 36.7 Å². The van der Waals surface area contributed by atoms with Crippen LogP contribution in [0.3, 0.4) is 0 Å². The van der Waals surface area contributed by atoms with Gasteiger partial charge in [-0.05, 0) is 81.4 Å². The van der Waals surface area contributed by atoms with Crippen LogP contribution in [0.2, 0.25) is 0 Å². The van der Waals surface area contributed by atoms with Crippen LogP contribution in [0.4, 0.5) is 0 Å². The zero-order valence-corrected chi connectivity index (χ0v) is 41.5. The Balaban J connectivity index is 1.10. The van der Waals surface area contributed by atoms with Gasteiger partial charge in [-0.2, -0.15) is 9.97 Å². The summed E-state index contributed by atoms with van der Waals surface area (Å²) in [5, 5.41) is 9.28. The molecule has 0 saturated carbocycles. The first-order chi connectivity index (χ1) is 41.4. The molecular formula is C69H46N6Si. The summed E-state index contributed by atoms with van der Waals surface area (Å²) in [4.78, 5) is 15.7. The molecule has 0 aliphatic carbocycles. The van der Waals surface area contributed by atoms with Crippen molar-refractivity contribution in [1.82, 2.24) is 28.7 Å². The third-order valence-corrected chi connectivity index (χ3v) is 19.7. The maximum atomic E-state index is 9.48. The summed E-state index contributed by atoms with van der Waals surface area (Å²) in [6.07, 6.45) is 0. The Labute approximate surface area is 452 Å². The highest BCUT2D eigenvalue weighted by atomic mass is 28.3. The third kappa shape index (κ3) is 6.69. The first-order valence-corrected chi connectivity index (χ1v) is 27.1. The van der Waals surface area contributed by atoms with Crippen LogP contribution in [0.25, 0.3) is 106 Å². The topological polar surface area (TPSA) is 53.5 Å². The van der Waals surface area contributed by atoms with Crippen LogP contribution in [0, 0.1) is 0 Å². The molecule has 76 heavy (non-hydrogen) atoms. The van der Waals surface area contributed by atoms with Crippen molar-refractivity contribution in [3.8, 4) is 40.1 Å². The SMILES string of the molecule is [2H]c1c([2H])c([2H])c(-c2nc(-c3cc([Si](c4ccccc4)(c4ccccc4)c4ccccc4)ccc3-n3c4ccccc4c4cc(-n5c6ccccc6c6ccccc65)ccc43)nc(-n3c4ccccc4c4c([2H])c([2H])c([2H])c([2H])c43)n2)c([2H])c1[2H]. The van der Waals surface area contributed by atoms with Crippen molar-refractivity contribution in [1.29, 1.82) is 0 Å². The van der Waals surface area contributed by atoms with Gasteiger partial charge in [0, 0.05) is 49.1 Å². The Morgan fingerprint density at radius 3 is 1.39 bits per heavy atom. The van der Waals surface area contributed by atoms with Crippen LogP contribution < -0.4 is 20.7 Å². The predicted octanol–water partition coefficient (Wildman–Crippen LogP) is 13.9. The minimum atomic E-state index is -3.35. The molecule has 7 heteroatoms. The van der Waals surface area contributed by atoms with Gasteiger partial charge in [-0.25, -0.2) is 4.98 Å². The fourth-order valence-corrected chi connectivity index (χ4v) is 16.5. The van der Waals surface area contributed by atoms with Gasteiger partial charge in [-0.1, -0.05) is 218 Å². The number of para-hydroxylation sites is 5. The molecule has 0 saturated heterocycles. The molecule has 0 fully saturated rings. The van der Waals surface area contributed by atoms with Crippen molar-refractivity contribution in [3.63, 3.8) is 0 Å². The molecule has 0 aliphatic heterocycles. The Morgan fingerprint density at radius 1 is 0.316 bits per heavy atom. The molecule has 15 rings (SSSR count). The van der Waals surface area contributed by atoms with E-state index in [-0.39, 0.29) is 46.1 Å². The smallest absolute Gasteiger partial charge is 0.238 e. The van der Waals surface area contributed by atoms with Gasteiger partial charge in [0.1, 0.15) is 0 Å². The highest BCUT2D eigenvalue weighted by Gasteiger charge is 2.42. The number of hydrogen-bond acceptors (Lipinski definition) is 3. The van der Waals surface area contributed by atoms with E-state index in [2.05, 4.69) is 179 Å². The molecule has 356 valence electrons. The molecule has 4 aromatic heterocycles. The van der Waals surface area contributed by atoms with Crippen molar-refractivity contribution >= 4 is 94.2 Å². The van der Waals surface area contributed by atoms with Crippen molar-refractivity contribution in [2.45, 2.75) is 0 Å². The van der Waals surface area contributed by atoms with E-state index in [0.717, 1.165) is 70.0 Å².